The molecule has 0 aromatic heterocycles. The molecule has 0 amide bonds. The number of benzene rings is 1. The lowest BCUT2D eigenvalue weighted by Gasteiger charge is -2.19. The van der Waals surface area contributed by atoms with Crippen molar-refractivity contribution in [2.45, 2.75) is 20.8 Å². The number of halogens is 1. The summed E-state index contributed by atoms with van der Waals surface area (Å²) in [5.74, 6) is -0.955. The van der Waals surface area contributed by atoms with Crippen molar-refractivity contribution in [2.24, 2.45) is 5.41 Å². The van der Waals surface area contributed by atoms with E-state index in [1.54, 1.807) is 32.9 Å². The Kier molecular flexibility index (Phi) is 3.52. The van der Waals surface area contributed by atoms with Gasteiger partial charge in [-0.05, 0) is 32.4 Å². The summed E-state index contributed by atoms with van der Waals surface area (Å²) in [4.78, 5) is 10.8. The first kappa shape index (κ1) is 12.5. The molecule has 0 atom stereocenters. The van der Waals surface area contributed by atoms with Gasteiger partial charge in [0.15, 0.2) is 0 Å². The Morgan fingerprint density at radius 2 is 2.12 bits per heavy atom. The number of aryl methyl sites for hydroxylation is 1. The predicted molar refractivity (Wildman–Crippen MR) is 58.0 cm³/mol. The molecule has 0 saturated carbocycles. The van der Waals surface area contributed by atoms with Gasteiger partial charge in [-0.1, -0.05) is 6.07 Å². The molecule has 1 aromatic rings. The molecule has 0 radical (unpaired) electrons. The minimum Gasteiger partial charge on any atom is -0.492 e. The van der Waals surface area contributed by atoms with Crippen LogP contribution in [0.4, 0.5) is 4.39 Å². The van der Waals surface area contributed by atoms with Crippen LogP contribution in [0.2, 0.25) is 0 Å². The molecule has 1 aromatic carbocycles. The second-order valence-corrected chi connectivity index (χ2v) is 4.39. The van der Waals surface area contributed by atoms with E-state index in [-0.39, 0.29) is 12.4 Å². The Balaban J connectivity index is 2.68. The highest BCUT2D eigenvalue weighted by Gasteiger charge is 2.28. The zero-order valence-electron chi connectivity index (χ0n) is 9.58. The van der Waals surface area contributed by atoms with Gasteiger partial charge in [-0.2, -0.15) is 0 Å². The molecular weight excluding hydrogens is 211 g/mol. The maximum absolute atomic E-state index is 13.2. The average Bonchev–Trinajstić information content (AvgIpc) is 2.20. The highest BCUT2D eigenvalue weighted by atomic mass is 19.1. The normalized spacial score (nSPS) is 11.2. The van der Waals surface area contributed by atoms with Gasteiger partial charge >= 0.3 is 5.97 Å². The van der Waals surface area contributed by atoms with Crippen molar-refractivity contribution in [1.82, 2.24) is 0 Å². The number of aliphatic carboxylic acids is 1. The van der Waals surface area contributed by atoms with Crippen LogP contribution >= 0.6 is 0 Å². The molecule has 1 rings (SSSR count). The standard InChI is InChI=1S/C12H15FO3/c1-8-4-5-9(6-10(8)13)16-7-12(2,3)11(14)15/h4-6H,7H2,1-3H3,(H,14,15). The van der Waals surface area contributed by atoms with Crippen molar-refractivity contribution in [2.75, 3.05) is 6.61 Å². The van der Waals surface area contributed by atoms with E-state index in [4.69, 9.17) is 9.84 Å². The molecule has 3 nitrogen and oxygen atoms in total. The van der Waals surface area contributed by atoms with E-state index in [0.717, 1.165) is 0 Å². The predicted octanol–water partition coefficient (Wildman–Crippen LogP) is 2.62. The van der Waals surface area contributed by atoms with Crippen molar-refractivity contribution in [3.63, 3.8) is 0 Å². The van der Waals surface area contributed by atoms with Crippen molar-refractivity contribution < 1.29 is 19.0 Å². The Morgan fingerprint density at radius 1 is 1.50 bits per heavy atom. The maximum atomic E-state index is 13.2. The average molecular weight is 226 g/mol. The second-order valence-electron chi connectivity index (χ2n) is 4.39. The largest absolute Gasteiger partial charge is 0.492 e. The van der Waals surface area contributed by atoms with Crippen molar-refractivity contribution in [1.29, 1.82) is 0 Å². The number of rotatable bonds is 4. The molecule has 0 aliphatic heterocycles. The van der Waals surface area contributed by atoms with Gasteiger partial charge < -0.3 is 9.84 Å². The molecule has 0 unspecified atom stereocenters. The molecule has 88 valence electrons. The van der Waals surface area contributed by atoms with E-state index in [9.17, 15) is 9.18 Å². The molecule has 0 saturated heterocycles. The summed E-state index contributed by atoms with van der Waals surface area (Å²) in [6.07, 6.45) is 0. The summed E-state index contributed by atoms with van der Waals surface area (Å²) in [7, 11) is 0. The van der Waals surface area contributed by atoms with E-state index in [2.05, 4.69) is 0 Å². The van der Waals surface area contributed by atoms with Crippen LogP contribution in [0, 0.1) is 18.2 Å². The molecule has 0 fully saturated rings. The second kappa shape index (κ2) is 4.51. The summed E-state index contributed by atoms with van der Waals surface area (Å²) < 4.78 is 18.4. The number of carboxylic acid groups (broad SMARTS) is 1. The summed E-state index contributed by atoms with van der Waals surface area (Å²) in [5, 5.41) is 8.86. The number of hydrogen-bond donors (Lipinski definition) is 1. The van der Waals surface area contributed by atoms with Crippen LogP contribution in [0.15, 0.2) is 18.2 Å². The molecule has 0 bridgehead atoms. The maximum Gasteiger partial charge on any atom is 0.312 e. The smallest absolute Gasteiger partial charge is 0.312 e. The highest BCUT2D eigenvalue weighted by Crippen LogP contribution is 2.20. The third-order valence-electron chi connectivity index (χ3n) is 2.32. The van der Waals surface area contributed by atoms with E-state index >= 15 is 0 Å². The van der Waals surface area contributed by atoms with Crippen molar-refractivity contribution >= 4 is 5.97 Å². The van der Waals surface area contributed by atoms with Crippen LogP contribution in [0.1, 0.15) is 19.4 Å². The molecule has 1 N–H and O–H groups in total. The lowest BCUT2D eigenvalue weighted by molar-refractivity contribution is -0.148. The van der Waals surface area contributed by atoms with E-state index < -0.39 is 11.4 Å². The van der Waals surface area contributed by atoms with Crippen LogP contribution in [0.25, 0.3) is 0 Å². The number of carbonyl (C=O) groups is 1. The Labute approximate surface area is 93.9 Å². The molecule has 4 heteroatoms. The SMILES string of the molecule is Cc1ccc(OCC(C)(C)C(=O)O)cc1F. The Morgan fingerprint density at radius 3 is 2.62 bits per heavy atom. The first-order chi connectivity index (χ1) is 7.33. The van der Waals surface area contributed by atoms with Gasteiger partial charge in [-0.25, -0.2) is 4.39 Å². The van der Waals surface area contributed by atoms with Crippen LogP contribution in [-0.4, -0.2) is 17.7 Å². The minimum absolute atomic E-state index is 0.00480. The molecule has 0 aliphatic rings. The molecule has 0 spiro atoms. The van der Waals surface area contributed by atoms with Crippen LogP contribution in [-0.2, 0) is 4.79 Å². The fourth-order valence-electron chi connectivity index (χ4n) is 0.989. The Bertz CT molecular complexity index is 399. The quantitative estimate of drug-likeness (QED) is 0.858. The summed E-state index contributed by atoms with van der Waals surface area (Å²) in [6.45, 7) is 4.77. The monoisotopic (exact) mass is 226 g/mol. The zero-order chi connectivity index (χ0) is 12.3. The summed E-state index contributed by atoms with van der Waals surface area (Å²) in [5.41, 5.74) is -0.452. The molecule has 16 heavy (non-hydrogen) atoms. The van der Waals surface area contributed by atoms with Gasteiger partial charge in [0.25, 0.3) is 0 Å². The fraction of sp³-hybridized carbons (Fsp3) is 0.417. The third-order valence-corrected chi connectivity index (χ3v) is 2.32. The van der Waals surface area contributed by atoms with Gasteiger partial charge in [-0.3, -0.25) is 4.79 Å². The lowest BCUT2D eigenvalue weighted by atomic mass is 9.95. The van der Waals surface area contributed by atoms with Gasteiger partial charge in [0.2, 0.25) is 0 Å². The number of ether oxygens (including phenoxy) is 1. The third kappa shape index (κ3) is 2.95. The van der Waals surface area contributed by atoms with E-state index in [0.29, 0.717) is 11.3 Å². The zero-order valence-corrected chi connectivity index (χ0v) is 9.58. The summed E-state index contributed by atoms with van der Waals surface area (Å²) in [6, 6.07) is 4.47. The topological polar surface area (TPSA) is 46.5 Å². The van der Waals surface area contributed by atoms with Gasteiger partial charge in [0, 0.05) is 6.07 Å². The van der Waals surface area contributed by atoms with Crippen LogP contribution in [0.3, 0.4) is 0 Å². The van der Waals surface area contributed by atoms with Crippen LogP contribution < -0.4 is 4.74 Å². The van der Waals surface area contributed by atoms with Crippen molar-refractivity contribution in [3.8, 4) is 5.75 Å². The highest BCUT2D eigenvalue weighted by molar-refractivity contribution is 5.73. The molecule has 0 aliphatic carbocycles. The molecule has 0 heterocycles. The first-order valence-electron chi connectivity index (χ1n) is 4.95. The van der Waals surface area contributed by atoms with Gasteiger partial charge in [0.05, 0.1) is 5.41 Å². The Hall–Kier alpha value is -1.58. The first-order valence-corrected chi connectivity index (χ1v) is 4.95. The van der Waals surface area contributed by atoms with Gasteiger partial charge in [0.1, 0.15) is 18.2 Å². The van der Waals surface area contributed by atoms with Crippen LogP contribution in [0.5, 0.6) is 5.75 Å². The van der Waals surface area contributed by atoms with E-state index in [1.807, 2.05) is 0 Å². The number of hydrogen-bond acceptors (Lipinski definition) is 2. The molecular formula is C12H15FO3. The van der Waals surface area contributed by atoms with Gasteiger partial charge in [-0.15, -0.1) is 0 Å². The van der Waals surface area contributed by atoms with E-state index in [1.165, 1.54) is 6.07 Å². The lowest BCUT2D eigenvalue weighted by Crippen LogP contribution is -2.30. The summed E-state index contributed by atoms with van der Waals surface area (Å²) >= 11 is 0. The van der Waals surface area contributed by atoms with Crippen molar-refractivity contribution in [3.05, 3.63) is 29.6 Å². The minimum atomic E-state index is -0.985. The fourth-order valence-corrected chi connectivity index (χ4v) is 0.989. The number of carboxylic acids is 1.